The Labute approximate surface area is 247 Å². The van der Waals surface area contributed by atoms with Crippen molar-refractivity contribution in [3.05, 3.63) is 29.3 Å². The van der Waals surface area contributed by atoms with Gasteiger partial charge in [0.1, 0.15) is 11.9 Å². The number of hydrogen-bond donors (Lipinski definition) is 3. The van der Waals surface area contributed by atoms with E-state index < -0.39 is 82.3 Å². The number of carbonyl (C=O) groups excluding carboxylic acids is 6. The van der Waals surface area contributed by atoms with Crippen LogP contribution in [0.4, 0.5) is 0 Å². The van der Waals surface area contributed by atoms with Crippen molar-refractivity contribution in [1.82, 2.24) is 4.90 Å². The number of ether oxygens (including phenoxy) is 1. The minimum absolute atomic E-state index is 0.0818. The van der Waals surface area contributed by atoms with Crippen molar-refractivity contribution >= 4 is 46.8 Å². The van der Waals surface area contributed by atoms with Crippen LogP contribution < -0.4 is 5.73 Å². The Morgan fingerprint density at radius 1 is 1.12 bits per heavy atom. The fourth-order valence-electron chi connectivity index (χ4n) is 7.61. The number of likely N-dealkylation sites (N-methyl/N-ethyl adjacent to an activating group) is 1. The number of hydrogen-bond acceptors (Lipinski definition) is 11. The van der Waals surface area contributed by atoms with E-state index in [4.69, 9.17) is 10.5 Å². The van der Waals surface area contributed by atoms with Gasteiger partial charge in [-0.3, -0.25) is 33.7 Å². The van der Waals surface area contributed by atoms with Crippen molar-refractivity contribution in [2.45, 2.75) is 67.9 Å². The molecule has 226 valence electrons. The van der Waals surface area contributed by atoms with Gasteiger partial charge in [-0.05, 0) is 38.6 Å². The van der Waals surface area contributed by atoms with Gasteiger partial charge in [0.2, 0.25) is 5.91 Å². The molecular formula is C30H36N2O9S. The molecule has 12 heteroatoms. The van der Waals surface area contributed by atoms with E-state index >= 15 is 0 Å². The maximum absolute atomic E-state index is 14.4. The molecule has 0 aromatic heterocycles. The number of benzene rings is 1. The highest BCUT2D eigenvalue weighted by molar-refractivity contribution is 7.99. The smallest absolute Gasteiger partial charge is 0.305 e. The van der Waals surface area contributed by atoms with Crippen LogP contribution in [0.2, 0.25) is 0 Å². The van der Waals surface area contributed by atoms with Gasteiger partial charge in [-0.1, -0.05) is 31.9 Å². The second-order valence-electron chi connectivity index (χ2n) is 12.0. The first kappa shape index (κ1) is 30.4. The second-order valence-corrected chi connectivity index (χ2v) is 13.3. The van der Waals surface area contributed by atoms with Crippen LogP contribution in [0.25, 0.3) is 0 Å². The topological polar surface area (TPSA) is 181 Å². The number of fused-ring (bicyclic) bond motifs is 3. The number of phenols is 1. The zero-order valence-electron chi connectivity index (χ0n) is 23.8. The van der Waals surface area contributed by atoms with E-state index in [9.17, 15) is 39.0 Å². The predicted octanol–water partition coefficient (Wildman–Crippen LogP) is 1.02. The van der Waals surface area contributed by atoms with Crippen LogP contribution in [0.3, 0.4) is 0 Å². The van der Waals surface area contributed by atoms with E-state index in [1.165, 1.54) is 25.1 Å². The van der Waals surface area contributed by atoms with Gasteiger partial charge in [-0.15, -0.1) is 0 Å². The highest BCUT2D eigenvalue weighted by atomic mass is 32.2. The number of carbonyl (C=O) groups is 6. The van der Waals surface area contributed by atoms with Gasteiger partial charge in [0.25, 0.3) is 0 Å². The monoisotopic (exact) mass is 600 g/mol. The Kier molecular flexibility index (Phi) is 8.10. The van der Waals surface area contributed by atoms with Gasteiger partial charge in [0.05, 0.1) is 23.4 Å². The van der Waals surface area contributed by atoms with Crippen LogP contribution in [0.1, 0.15) is 60.9 Å². The van der Waals surface area contributed by atoms with Crippen LogP contribution >= 0.6 is 11.8 Å². The number of aliphatic hydroxyl groups is 1. The first-order chi connectivity index (χ1) is 19.9. The molecule has 5 rings (SSSR count). The number of amides is 1. The van der Waals surface area contributed by atoms with Crippen LogP contribution in [0, 0.1) is 23.7 Å². The van der Waals surface area contributed by atoms with E-state index in [1.807, 2.05) is 0 Å². The molecule has 4 aliphatic carbocycles. The lowest BCUT2D eigenvalue weighted by Gasteiger charge is -2.57. The van der Waals surface area contributed by atoms with Crippen LogP contribution in [0.5, 0.6) is 5.75 Å². The lowest BCUT2D eigenvalue weighted by atomic mass is 9.49. The van der Waals surface area contributed by atoms with E-state index in [2.05, 4.69) is 0 Å². The van der Waals surface area contributed by atoms with E-state index in [1.54, 1.807) is 30.8 Å². The highest BCUT2D eigenvalue weighted by Gasteiger charge is 2.74. The molecule has 3 fully saturated rings. The van der Waals surface area contributed by atoms with Crippen molar-refractivity contribution < 1.29 is 43.7 Å². The van der Waals surface area contributed by atoms with Gasteiger partial charge in [-0.2, -0.15) is 11.8 Å². The number of nitrogens with two attached hydrogens (primary N) is 1. The minimum atomic E-state index is -3.02. The maximum Gasteiger partial charge on any atom is 0.305 e. The third kappa shape index (κ3) is 4.49. The van der Waals surface area contributed by atoms with Crippen molar-refractivity contribution in [3.8, 4) is 5.75 Å². The number of nitrogens with zero attached hydrogens (tertiary/aromatic N) is 1. The molecule has 0 bridgehead atoms. The Morgan fingerprint density at radius 2 is 1.79 bits per heavy atom. The SMILES string of the molecule is CCC(=O)O[C@H]1C2C(C(=O)c3c(O)cccc3[C@@H]2CSC2CCCC2)C(=O)C2(O)C(=O)C(C(N)=O)C(=O)[C@@H](N(C)C)C12. The molecule has 1 amide bonds. The molecule has 4 aliphatic rings. The minimum Gasteiger partial charge on any atom is -0.507 e. The summed E-state index contributed by atoms with van der Waals surface area (Å²) in [6.45, 7) is 1.55. The van der Waals surface area contributed by atoms with Crippen molar-refractivity contribution in [1.29, 1.82) is 0 Å². The number of phenolic OH excluding ortho intramolecular Hbond substituents is 1. The molecule has 42 heavy (non-hydrogen) atoms. The molecule has 1 aromatic carbocycles. The summed E-state index contributed by atoms with van der Waals surface area (Å²) in [4.78, 5) is 82.5. The summed E-state index contributed by atoms with van der Waals surface area (Å²) in [6.07, 6.45) is 2.68. The fraction of sp³-hybridized carbons (Fsp3) is 0.600. The largest absolute Gasteiger partial charge is 0.507 e. The molecule has 8 atom stereocenters. The van der Waals surface area contributed by atoms with Gasteiger partial charge in [-0.25, -0.2) is 0 Å². The number of ketones is 4. The molecule has 0 heterocycles. The Balaban J connectivity index is 1.75. The van der Waals surface area contributed by atoms with Gasteiger partial charge < -0.3 is 20.7 Å². The lowest BCUT2D eigenvalue weighted by molar-refractivity contribution is -0.205. The Bertz CT molecular complexity index is 1360. The van der Waals surface area contributed by atoms with Gasteiger partial charge in [0.15, 0.2) is 34.7 Å². The summed E-state index contributed by atoms with van der Waals surface area (Å²) in [5.41, 5.74) is 2.80. The third-order valence-corrected chi connectivity index (χ3v) is 11.0. The third-order valence-electron chi connectivity index (χ3n) is 9.49. The zero-order valence-corrected chi connectivity index (χ0v) is 24.6. The standard InChI is InChI=1S/C30H36N2O9S/c1-4-17(34)41-26-19-15(12-42-13-8-5-6-9-13)14-10-7-11-16(33)18(14)24(35)20(19)27(37)30(40)22(26)23(32(2)3)25(36)21(28(30)38)29(31)39/h7,10-11,13,15,19-23,26,33,40H,4-6,8-9,12H2,1-3H3,(H2,31,39)/t15-,19?,20?,21?,22?,23-,26-,30?/m0/s1. The zero-order chi connectivity index (χ0) is 30.7. The average Bonchev–Trinajstić information content (AvgIpc) is 3.45. The molecule has 1 aromatic rings. The number of primary amides is 1. The molecule has 11 nitrogen and oxygen atoms in total. The van der Waals surface area contributed by atoms with E-state index in [0.29, 0.717) is 16.6 Å². The molecule has 0 radical (unpaired) electrons. The van der Waals surface area contributed by atoms with Gasteiger partial charge in [0, 0.05) is 29.3 Å². The summed E-state index contributed by atoms with van der Waals surface area (Å²) >= 11 is 1.67. The normalized spacial score (nSPS) is 34.6. The van der Waals surface area contributed by atoms with Crippen LogP contribution in [0.15, 0.2) is 18.2 Å². The van der Waals surface area contributed by atoms with E-state index in [0.717, 1.165) is 25.7 Å². The predicted molar refractivity (Wildman–Crippen MR) is 151 cm³/mol. The molecule has 3 saturated carbocycles. The average molecular weight is 601 g/mol. The molecule has 4 N–H and O–H groups in total. The highest BCUT2D eigenvalue weighted by Crippen LogP contribution is 2.56. The summed E-state index contributed by atoms with van der Waals surface area (Å²) < 4.78 is 5.94. The number of Topliss-reactive ketones (excluding diaryl/α,β-unsaturated/α-hetero) is 4. The van der Waals surface area contributed by atoms with Crippen molar-refractivity contribution in [2.75, 3.05) is 19.8 Å². The number of esters is 1. The molecule has 5 unspecified atom stereocenters. The number of aromatic hydroxyl groups is 1. The quantitative estimate of drug-likeness (QED) is 0.300. The lowest BCUT2D eigenvalue weighted by Crippen LogP contribution is -2.78. The first-order valence-electron chi connectivity index (χ1n) is 14.3. The molecule has 0 saturated heterocycles. The molecular weight excluding hydrogens is 564 g/mol. The summed E-state index contributed by atoms with van der Waals surface area (Å²) in [5.74, 6) is -13.3. The molecule has 0 spiro atoms. The summed E-state index contributed by atoms with van der Waals surface area (Å²) in [5, 5.41) is 23.2. The Hall–Kier alpha value is -3.09. The summed E-state index contributed by atoms with van der Waals surface area (Å²) in [6, 6.07) is 3.20. The van der Waals surface area contributed by atoms with Gasteiger partial charge >= 0.3 is 5.97 Å². The molecule has 0 aliphatic heterocycles. The van der Waals surface area contributed by atoms with Crippen LogP contribution in [-0.2, 0) is 28.7 Å². The van der Waals surface area contributed by atoms with Crippen LogP contribution in [-0.4, -0.2) is 93.0 Å². The van der Waals surface area contributed by atoms with Crippen molar-refractivity contribution in [2.24, 2.45) is 29.4 Å². The Morgan fingerprint density at radius 3 is 2.38 bits per heavy atom. The van der Waals surface area contributed by atoms with Crippen molar-refractivity contribution in [3.63, 3.8) is 0 Å². The fourth-order valence-corrected chi connectivity index (χ4v) is 9.16. The maximum atomic E-state index is 14.4. The van der Waals surface area contributed by atoms with E-state index in [-0.39, 0.29) is 17.7 Å². The summed E-state index contributed by atoms with van der Waals surface area (Å²) in [7, 11) is 2.97. The number of rotatable bonds is 7. The first-order valence-corrected chi connectivity index (χ1v) is 15.4. The number of thioether (sulfide) groups is 1. The second kappa shape index (κ2) is 11.2.